The van der Waals surface area contributed by atoms with Crippen LogP contribution in [0.3, 0.4) is 0 Å². The van der Waals surface area contributed by atoms with Crippen molar-refractivity contribution in [2.24, 2.45) is 0 Å². The second-order valence-corrected chi connectivity index (χ2v) is 7.01. The summed E-state index contributed by atoms with van der Waals surface area (Å²) in [6.45, 7) is 0.0686. The monoisotopic (exact) mass is 350 g/mol. The lowest BCUT2D eigenvalue weighted by Crippen LogP contribution is -2.34. The van der Waals surface area contributed by atoms with E-state index in [2.05, 4.69) is 10.0 Å². The van der Waals surface area contributed by atoms with Crippen LogP contribution in [0.4, 0.5) is 0 Å². The summed E-state index contributed by atoms with van der Waals surface area (Å²) in [5.41, 5.74) is 0.793. The van der Waals surface area contributed by atoms with Crippen molar-refractivity contribution in [2.45, 2.75) is 6.54 Å². The number of rotatable bonds is 7. The fraction of sp³-hybridized carbons (Fsp3) is 0.188. The largest absolute Gasteiger partial charge is 0.508 e. The summed E-state index contributed by atoms with van der Waals surface area (Å²) >= 11 is 0. The van der Waals surface area contributed by atoms with Gasteiger partial charge in [0.1, 0.15) is 11.5 Å². The van der Waals surface area contributed by atoms with E-state index in [1.807, 2.05) is 18.2 Å². The minimum Gasteiger partial charge on any atom is -0.508 e. The van der Waals surface area contributed by atoms with E-state index in [1.54, 1.807) is 12.1 Å². The molecule has 2 aromatic carbocycles. The van der Waals surface area contributed by atoms with Gasteiger partial charge in [-0.05, 0) is 17.7 Å². The van der Waals surface area contributed by atoms with Gasteiger partial charge in [0, 0.05) is 19.2 Å². The number of nitrogens with one attached hydrogen (secondary N) is 2. The number of benzene rings is 2. The minimum absolute atomic E-state index is 0.0394. The van der Waals surface area contributed by atoms with Gasteiger partial charge in [-0.25, -0.2) is 13.1 Å². The van der Waals surface area contributed by atoms with Crippen molar-refractivity contribution in [3.8, 4) is 11.5 Å². The third-order valence-electron chi connectivity index (χ3n) is 3.22. The Morgan fingerprint density at radius 2 is 1.75 bits per heavy atom. The van der Waals surface area contributed by atoms with Crippen LogP contribution in [0.5, 0.6) is 11.5 Å². The Labute approximate surface area is 140 Å². The molecule has 0 saturated heterocycles. The minimum atomic E-state index is -3.54. The SMILES string of the molecule is O=C(NCCS(=O)(=O)NCc1ccccc1)c1ccc(O)cc1O. The Morgan fingerprint density at radius 3 is 2.42 bits per heavy atom. The average Bonchev–Trinajstić information content (AvgIpc) is 2.54. The molecule has 0 heterocycles. The van der Waals surface area contributed by atoms with Crippen molar-refractivity contribution in [1.29, 1.82) is 0 Å². The average molecular weight is 350 g/mol. The van der Waals surface area contributed by atoms with Gasteiger partial charge in [-0.3, -0.25) is 4.79 Å². The Kier molecular flexibility index (Phi) is 5.78. The Bertz CT molecular complexity index is 806. The lowest BCUT2D eigenvalue weighted by molar-refractivity contribution is 0.0953. The topological polar surface area (TPSA) is 116 Å². The van der Waals surface area contributed by atoms with E-state index in [0.717, 1.165) is 11.6 Å². The number of aromatic hydroxyl groups is 2. The van der Waals surface area contributed by atoms with Crippen molar-refractivity contribution in [3.05, 3.63) is 59.7 Å². The van der Waals surface area contributed by atoms with Crippen LogP contribution in [0.2, 0.25) is 0 Å². The Balaban J connectivity index is 1.83. The molecule has 1 amide bonds. The van der Waals surface area contributed by atoms with E-state index in [9.17, 15) is 23.4 Å². The fourth-order valence-electron chi connectivity index (χ4n) is 1.97. The molecule has 24 heavy (non-hydrogen) atoms. The molecule has 0 fully saturated rings. The van der Waals surface area contributed by atoms with Crippen LogP contribution in [0.25, 0.3) is 0 Å². The first-order valence-corrected chi connectivity index (χ1v) is 8.84. The summed E-state index contributed by atoms with van der Waals surface area (Å²) in [5.74, 6) is -1.45. The number of hydrogen-bond acceptors (Lipinski definition) is 5. The van der Waals surface area contributed by atoms with Gasteiger partial charge in [0.25, 0.3) is 5.91 Å². The lowest BCUT2D eigenvalue weighted by atomic mass is 10.2. The molecule has 0 unspecified atom stereocenters. The van der Waals surface area contributed by atoms with Crippen LogP contribution >= 0.6 is 0 Å². The van der Waals surface area contributed by atoms with E-state index in [4.69, 9.17) is 0 Å². The molecule has 128 valence electrons. The molecule has 0 radical (unpaired) electrons. The quantitative estimate of drug-likeness (QED) is 0.593. The van der Waals surface area contributed by atoms with E-state index < -0.39 is 15.9 Å². The van der Waals surface area contributed by atoms with E-state index in [-0.39, 0.29) is 35.9 Å². The summed E-state index contributed by atoms with van der Waals surface area (Å²) in [4.78, 5) is 11.9. The first-order valence-electron chi connectivity index (χ1n) is 7.19. The van der Waals surface area contributed by atoms with Crippen LogP contribution in [-0.2, 0) is 16.6 Å². The van der Waals surface area contributed by atoms with Crippen molar-refractivity contribution in [3.63, 3.8) is 0 Å². The molecule has 2 rings (SSSR count). The van der Waals surface area contributed by atoms with E-state index >= 15 is 0 Å². The maximum Gasteiger partial charge on any atom is 0.255 e. The normalized spacial score (nSPS) is 11.2. The van der Waals surface area contributed by atoms with Gasteiger partial charge in [-0.2, -0.15) is 0 Å². The standard InChI is InChI=1S/C16H18N2O5S/c19-13-6-7-14(15(20)10-13)16(21)17-8-9-24(22,23)18-11-12-4-2-1-3-5-12/h1-7,10,18-20H,8-9,11H2,(H,17,21). The van der Waals surface area contributed by atoms with Gasteiger partial charge in [-0.1, -0.05) is 30.3 Å². The zero-order valence-corrected chi connectivity index (χ0v) is 13.6. The van der Waals surface area contributed by atoms with Crippen LogP contribution in [0.1, 0.15) is 15.9 Å². The number of carbonyl (C=O) groups is 1. The summed E-state index contributed by atoms with van der Waals surface area (Å²) in [5, 5.41) is 21.2. The number of carbonyl (C=O) groups excluding carboxylic acids is 1. The molecule has 0 saturated carbocycles. The van der Waals surface area contributed by atoms with E-state index in [0.29, 0.717) is 0 Å². The molecule has 0 aliphatic heterocycles. The molecule has 0 aromatic heterocycles. The predicted molar refractivity (Wildman–Crippen MR) is 89.2 cm³/mol. The summed E-state index contributed by atoms with van der Waals surface area (Å²) in [7, 11) is -3.54. The number of sulfonamides is 1. The zero-order valence-electron chi connectivity index (χ0n) is 12.8. The third kappa shape index (κ3) is 5.25. The van der Waals surface area contributed by atoms with Gasteiger partial charge < -0.3 is 15.5 Å². The molecule has 0 aliphatic rings. The highest BCUT2D eigenvalue weighted by Crippen LogP contribution is 2.22. The maximum atomic E-state index is 11.9. The number of amides is 1. The number of phenolic OH excluding ortho intramolecular Hbond substituents is 2. The van der Waals surface area contributed by atoms with Crippen molar-refractivity contribution >= 4 is 15.9 Å². The molecule has 8 heteroatoms. The van der Waals surface area contributed by atoms with Gasteiger partial charge in [0.2, 0.25) is 10.0 Å². The molecule has 0 atom stereocenters. The highest BCUT2D eigenvalue weighted by molar-refractivity contribution is 7.89. The first kappa shape index (κ1) is 17.8. The van der Waals surface area contributed by atoms with Gasteiger partial charge in [0.15, 0.2) is 0 Å². The van der Waals surface area contributed by atoms with Crippen LogP contribution in [0.15, 0.2) is 48.5 Å². The number of phenols is 2. The smallest absolute Gasteiger partial charge is 0.255 e. The van der Waals surface area contributed by atoms with Crippen molar-refractivity contribution in [1.82, 2.24) is 10.0 Å². The molecule has 0 bridgehead atoms. The highest BCUT2D eigenvalue weighted by atomic mass is 32.2. The molecule has 4 N–H and O–H groups in total. The predicted octanol–water partition coefficient (Wildman–Crippen LogP) is 0.947. The first-order chi connectivity index (χ1) is 11.4. The van der Waals surface area contributed by atoms with Crippen LogP contribution < -0.4 is 10.0 Å². The van der Waals surface area contributed by atoms with Crippen LogP contribution in [-0.4, -0.2) is 36.8 Å². The van der Waals surface area contributed by atoms with Gasteiger partial charge >= 0.3 is 0 Å². The molecular weight excluding hydrogens is 332 g/mol. The van der Waals surface area contributed by atoms with Crippen molar-refractivity contribution in [2.75, 3.05) is 12.3 Å². The second-order valence-electron chi connectivity index (χ2n) is 5.08. The Hall–Kier alpha value is -2.58. The number of hydrogen-bond donors (Lipinski definition) is 4. The van der Waals surface area contributed by atoms with Crippen LogP contribution in [0, 0.1) is 0 Å². The Morgan fingerprint density at radius 1 is 1.04 bits per heavy atom. The second kappa shape index (κ2) is 7.80. The molecule has 2 aromatic rings. The summed E-state index contributed by atoms with van der Waals surface area (Å²) < 4.78 is 26.2. The zero-order chi connectivity index (χ0) is 17.6. The molecule has 0 spiro atoms. The highest BCUT2D eigenvalue weighted by Gasteiger charge is 2.14. The molecule has 7 nitrogen and oxygen atoms in total. The van der Waals surface area contributed by atoms with Gasteiger partial charge in [0.05, 0.1) is 11.3 Å². The summed E-state index contributed by atoms with van der Waals surface area (Å²) in [6.07, 6.45) is 0. The van der Waals surface area contributed by atoms with E-state index in [1.165, 1.54) is 12.1 Å². The lowest BCUT2D eigenvalue weighted by Gasteiger charge is -2.09. The molecule has 0 aliphatic carbocycles. The maximum absolute atomic E-state index is 11.9. The van der Waals surface area contributed by atoms with Gasteiger partial charge in [-0.15, -0.1) is 0 Å². The molecular formula is C16H18N2O5S. The third-order valence-corrected chi connectivity index (χ3v) is 4.55. The fourth-order valence-corrected chi connectivity index (χ4v) is 2.87. The van der Waals surface area contributed by atoms with Crippen molar-refractivity contribution < 1.29 is 23.4 Å². The summed E-state index contributed by atoms with van der Waals surface area (Å²) in [6, 6.07) is 12.6.